The van der Waals surface area contributed by atoms with Gasteiger partial charge in [0.2, 0.25) is 10.0 Å². The van der Waals surface area contributed by atoms with Gasteiger partial charge in [-0.1, -0.05) is 13.8 Å². The number of aryl methyl sites for hydroxylation is 2. The summed E-state index contributed by atoms with van der Waals surface area (Å²) in [6.45, 7) is 5.98. The van der Waals surface area contributed by atoms with Crippen LogP contribution in [0.3, 0.4) is 0 Å². The van der Waals surface area contributed by atoms with Crippen molar-refractivity contribution >= 4 is 10.0 Å². The van der Waals surface area contributed by atoms with Crippen molar-refractivity contribution in [2.45, 2.75) is 38.1 Å². The number of benzene rings is 1. The molecule has 7 heteroatoms. The molecular formula is C16H23N3O3S. The Morgan fingerprint density at radius 2 is 2.04 bits per heavy atom. The molecule has 0 saturated carbocycles. The fraction of sp³-hybridized carbons (Fsp3) is 0.438. The van der Waals surface area contributed by atoms with E-state index in [1.54, 1.807) is 50.2 Å². The highest BCUT2D eigenvalue weighted by Gasteiger charge is 2.21. The largest absolute Gasteiger partial charge is 0.496 e. The number of aromatic nitrogens is 2. The summed E-state index contributed by atoms with van der Waals surface area (Å²) < 4.78 is 34.9. The Balaban J connectivity index is 2.35. The highest BCUT2D eigenvalue weighted by Crippen LogP contribution is 2.31. The zero-order chi connectivity index (χ0) is 17.2. The average Bonchev–Trinajstić information content (AvgIpc) is 2.89. The lowest BCUT2D eigenvalue weighted by atomic mass is 10.0. The van der Waals surface area contributed by atoms with Crippen LogP contribution in [0.2, 0.25) is 0 Å². The lowest BCUT2D eigenvalue weighted by molar-refractivity contribution is 0.406. The molecule has 2 rings (SSSR count). The molecule has 6 nitrogen and oxygen atoms in total. The second-order valence-corrected chi connectivity index (χ2v) is 7.52. The standard InChI is InChI=1S/C16H23N3O3S/c1-11(2)14-9-16(12(3)8-15(14)22-5)23(20,21)18-10-13-6-7-17-19(13)4/h6-9,11,18H,10H2,1-5H3. The second-order valence-electron chi connectivity index (χ2n) is 5.79. The fourth-order valence-corrected chi connectivity index (χ4v) is 3.67. The van der Waals surface area contributed by atoms with Crippen molar-refractivity contribution in [3.63, 3.8) is 0 Å². The number of methoxy groups -OCH3 is 1. The summed E-state index contributed by atoms with van der Waals surface area (Å²) in [5, 5.41) is 4.03. The zero-order valence-electron chi connectivity index (χ0n) is 14.1. The van der Waals surface area contributed by atoms with E-state index < -0.39 is 10.0 Å². The third kappa shape index (κ3) is 3.73. The number of hydrogen-bond acceptors (Lipinski definition) is 4. The maximum atomic E-state index is 12.7. The van der Waals surface area contributed by atoms with Gasteiger partial charge in [0.15, 0.2) is 0 Å². The van der Waals surface area contributed by atoms with E-state index in [4.69, 9.17) is 4.74 Å². The molecule has 1 aromatic heterocycles. The van der Waals surface area contributed by atoms with Crippen LogP contribution in [-0.2, 0) is 23.6 Å². The Morgan fingerprint density at radius 1 is 1.35 bits per heavy atom. The quantitative estimate of drug-likeness (QED) is 0.878. The third-order valence-corrected chi connectivity index (χ3v) is 5.35. The van der Waals surface area contributed by atoms with E-state index >= 15 is 0 Å². The van der Waals surface area contributed by atoms with Gasteiger partial charge in [0.25, 0.3) is 0 Å². The van der Waals surface area contributed by atoms with Gasteiger partial charge >= 0.3 is 0 Å². The smallest absolute Gasteiger partial charge is 0.241 e. The van der Waals surface area contributed by atoms with Gasteiger partial charge in [-0.3, -0.25) is 4.68 Å². The van der Waals surface area contributed by atoms with Gasteiger partial charge in [-0.05, 0) is 42.2 Å². The number of nitrogens with one attached hydrogen (secondary N) is 1. The van der Waals surface area contributed by atoms with E-state index in [1.165, 1.54) is 0 Å². The van der Waals surface area contributed by atoms with Crippen LogP contribution in [0.15, 0.2) is 29.3 Å². The van der Waals surface area contributed by atoms with Crippen molar-refractivity contribution in [3.05, 3.63) is 41.2 Å². The third-order valence-electron chi connectivity index (χ3n) is 3.80. The lowest BCUT2D eigenvalue weighted by Gasteiger charge is -2.16. The van der Waals surface area contributed by atoms with Crippen LogP contribution in [0.25, 0.3) is 0 Å². The van der Waals surface area contributed by atoms with E-state index in [0.29, 0.717) is 11.3 Å². The second kappa shape index (κ2) is 6.72. The molecule has 0 aliphatic heterocycles. The minimum atomic E-state index is -3.61. The van der Waals surface area contributed by atoms with Crippen molar-refractivity contribution in [1.82, 2.24) is 14.5 Å². The topological polar surface area (TPSA) is 73.2 Å². The summed E-state index contributed by atoms with van der Waals surface area (Å²) in [6.07, 6.45) is 1.64. The molecule has 1 N–H and O–H groups in total. The van der Waals surface area contributed by atoms with Crippen LogP contribution >= 0.6 is 0 Å². The lowest BCUT2D eigenvalue weighted by Crippen LogP contribution is -2.25. The predicted molar refractivity (Wildman–Crippen MR) is 89.1 cm³/mol. The number of nitrogens with zero attached hydrogens (tertiary/aromatic N) is 2. The molecule has 23 heavy (non-hydrogen) atoms. The van der Waals surface area contributed by atoms with Crippen molar-refractivity contribution in [2.24, 2.45) is 7.05 Å². The Labute approximate surface area is 137 Å². The molecule has 0 spiro atoms. The van der Waals surface area contributed by atoms with Gasteiger partial charge in [-0.15, -0.1) is 0 Å². The molecule has 0 atom stereocenters. The molecule has 0 radical (unpaired) electrons. The fourth-order valence-electron chi connectivity index (χ4n) is 2.42. The molecule has 126 valence electrons. The first-order valence-corrected chi connectivity index (χ1v) is 8.89. The van der Waals surface area contributed by atoms with Crippen LogP contribution in [0, 0.1) is 6.92 Å². The summed E-state index contributed by atoms with van der Waals surface area (Å²) >= 11 is 0. The molecule has 1 heterocycles. The first-order valence-electron chi connectivity index (χ1n) is 7.41. The van der Waals surface area contributed by atoms with Gasteiger partial charge < -0.3 is 4.74 Å². The van der Waals surface area contributed by atoms with Crippen LogP contribution in [0.4, 0.5) is 0 Å². The molecule has 1 aromatic carbocycles. The average molecular weight is 337 g/mol. The van der Waals surface area contributed by atoms with E-state index in [2.05, 4.69) is 9.82 Å². The first kappa shape index (κ1) is 17.5. The number of sulfonamides is 1. The maximum Gasteiger partial charge on any atom is 0.241 e. The predicted octanol–water partition coefficient (Wildman–Crippen LogP) is 2.34. The Bertz CT molecular complexity index is 795. The summed E-state index contributed by atoms with van der Waals surface area (Å²) in [5.41, 5.74) is 2.33. The van der Waals surface area contributed by atoms with Crippen LogP contribution in [0.1, 0.15) is 36.6 Å². The summed E-state index contributed by atoms with van der Waals surface area (Å²) in [5.74, 6) is 0.875. The van der Waals surface area contributed by atoms with Crippen molar-refractivity contribution in [2.75, 3.05) is 7.11 Å². The first-order chi connectivity index (χ1) is 10.8. The highest BCUT2D eigenvalue weighted by molar-refractivity contribution is 7.89. The monoisotopic (exact) mass is 337 g/mol. The molecule has 0 amide bonds. The minimum absolute atomic E-state index is 0.163. The summed E-state index contributed by atoms with van der Waals surface area (Å²) in [6, 6.07) is 5.25. The molecule has 0 aliphatic rings. The van der Waals surface area contributed by atoms with E-state index in [-0.39, 0.29) is 17.4 Å². The number of rotatable bonds is 6. The van der Waals surface area contributed by atoms with Crippen LogP contribution in [-0.4, -0.2) is 25.3 Å². The van der Waals surface area contributed by atoms with E-state index in [1.807, 2.05) is 13.8 Å². The SMILES string of the molecule is COc1cc(C)c(S(=O)(=O)NCc2ccnn2C)cc1C(C)C. The van der Waals surface area contributed by atoms with Gasteiger partial charge in [-0.2, -0.15) is 5.10 Å². The molecule has 0 aliphatic carbocycles. The number of ether oxygens (including phenoxy) is 1. The van der Waals surface area contributed by atoms with Crippen molar-refractivity contribution in [3.8, 4) is 5.75 Å². The molecule has 0 bridgehead atoms. The van der Waals surface area contributed by atoms with Gasteiger partial charge in [0.05, 0.1) is 24.2 Å². The maximum absolute atomic E-state index is 12.7. The Kier molecular flexibility index (Phi) is 5.11. The summed E-state index contributed by atoms with van der Waals surface area (Å²) in [4.78, 5) is 0.282. The normalized spacial score (nSPS) is 11.9. The van der Waals surface area contributed by atoms with Crippen molar-refractivity contribution < 1.29 is 13.2 Å². The molecular weight excluding hydrogens is 314 g/mol. The summed E-state index contributed by atoms with van der Waals surface area (Å²) in [7, 11) is -0.242. The van der Waals surface area contributed by atoms with Crippen molar-refractivity contribution in [1.29, 1.82) is 0 Å². The van der Waals surface area contributed by atoms with Gasteiger partial charge in [0.1, 0.15) is 5.75 Å². The Morgan fingerprint density at radius 3 is 2.57 bits per heavy atom. The molecule has 0 fully saturated rings. The van der Waals surface area contributed by atoms with Gasteiger partial charge in [-0.25, -0.2) is 13.1 Å². The molecule has 0 saturated heterocycles. The Hall–Kier alpha value is -1.86. The molecule has 2 aromatic rings. The van der Waals surface area contributed by atoms with Crippen LogP contribution in [0.5, 0.6) is 5.75 Å². The van der Waals surface area contributed by atoms with Crippen LogP contribution < -0.4 is 9.46 Å². The highest BCUT2D eigenvalue weighted by atomic mass is 32.2. The van der Waals surface area contributed by atoms with Gasteiger partial charge in [0, 0.05) is 13.2 Å². The number of hydrogen-bond donors (Lipinski definition) is 1. The minimum Gasteiger partial charge on any atom is -0.496 e. The zero-order valence-corrected chi connectivity index (χ0v) is 14.9. The molecule has 0 unspecified atom stereocenters. The van der Waals surface area contributed by atoms with E-state index in [9.17, 15) is 8.42 Å². The van der Waals surface area contributed by atoms with E-state index in [0.717, 1.165) is 11.3 Å².